The van der Waals surface area contributed by atoms with Gasteiger partial charge in [0.05, 0.1) is 11.0 Å². The Bertz CT molecular complexity index is 753. The maximum Gasteiger partial charge on any atom is 0.241 e. The van der Waals surface area contributed by atoms with Crippen molar-refractivity contribution in [1.82, 2.24) is 4.72 Å². The molecule has 2 aromatic carbocycles. The van der Waals surface area contributed by atoms with Crippen LogP contribution in [0.3, 0.4) is 0 Å². The van der Waals surface area contributed by atoms with Crippen molar-refractivity contribution in [2.24, 2.45) is 0 Å². The van der Waals surface area contributed by atoms with Gasteiger partial charge in [-0.15, -0.1) is 0 Å². The van der Waals surface area contributed by atoms with Crippen LogP contribution in [0.15, 0.2) is 59.5 Å². The van der Waals surface area contributed by atoms with Gasteiger partial charge in [0.25, 0.3) is 0 Å². The van der Waals surface area contributed by atoms with Crippen molar-refractivity contribution in [3.05, 3.63) is 54.6 Å². The summed E-state index contributed by atoms with van der Waals surface area (Å²) in [6, 6.07) is 16.4. The van der Waals surface area contributed by atoms with Crippen LogP contribution in [0.25, 0.3) is 11.1 Å². The summed E-state index contributed by atoms with van der Waals surface area (Å²) in [5.41, 5.74) is 1.60. The van der Waals surface area contributed by atoms with Gasteiger partial charge >= 0.3 is 0 Å². The van der Waals surface area contributed by atoms with E-state index in [1.165, 1.54) is 0 Å². The van der Waals surface area contributed by atoms with Crippen molar-refractivity contribution in [3.8, 4) is 11.1 Å². The Balaban J connectivity index is 1.91. The van der Waals surface area contributed by atoms with Gasteiger partial charge in [-0.2, -0.15) is 0 Å². The third-order valence-electron chi connectivity index (χ3n) is 4.12. The van der Waals surface area contributed by atoms with Crippen LogP contribution in [0, 0.1) is 0 Å². The molecule has 4 nitrogen and oxygen atoms in total. The maximum atomic E-state index is 12.8. The van der Waals surface area contributed by atoms with Crippen molar-refractivity contribution < 1.29 is 13.2 Å². The van der Waals surface area contributed by atoms with Crippen LogP contribution in [-0.2, 0) is 14.8 Å². The van der Waals surface area contributed by atoms with Gasteiger partial charge in [-0.3, -0.25) is 0 Å². The highest BCUT2D eigenvalue weighted by Crippen LogP contribution is 2.27. The third-order valence-corrected chi connectivity index (χ3v) is 5.74. The number of sulfonamides is 1. The molecule has 3 rings (SSSR count). The summed E-state index contributed by atoms with van der Waals surface area (Å²) in [4.78, 5) is 0.302. The molecular weight excluding hydrogens is 310 g/mol. The largest absolute Gasteiger partial charge is 0.377 e. The number of rotatable bonds is 5. The molecule has 5 heteroatoms. The lowest BCUT2D eigenvalue weighted by Gasteiger charge is -2.21. The third kappa shape index (κ3) is 3.63. The Morgan fingerprint density at radius 2 is 1.78 bits per heavy atom. The van der Waals surface area contributed by atoms with E-state index in [0.29, 0.717) is 17.1 Å². The number of nitrogens with one attached hydrogen (secondary N) is 1. The van der Waals surface area contributed by atoms with Gasteiger partial charge in [-0.05, 0) is 31.4 Å². The molecule has 23 heavy (non-hydrogen) atoms. The van der Waals surface area contributed by atoms with E-state index in [1.54, 1.807) is 12.1 Å². The zero-order valence-corrected chi connectivity index (χ0v) is 13.9. The predicted molar refractivity (Wildman–Crippen MR) is 90.6 cm³/mol. The Hall–Kier alpha value is -1.69. The molecule has 122 valence electrons. The normalized spacial score (nSPS) is 19.6. The Labute approximate surface area is 137 Å². The van der Waals surface area contributed by atoms with Crippen LogP contribution in [-0.4, -0.2) is 27.2 Å². The minimum Gasteiger partial charge on any atom is -0.377 e. The van der Waals surface area contributed by atoms with Gasteiger partial charge in [0.1, 0.15) is 0 Å². The van der Waals surface area contributed by atoms with E-state index in [9.17, 15) is 8.42 Å². The number of benzene rings is 2. The van der Waals surface area contributed by atoms with E-state index in [4.69, 9.17) is 4.74 Å². The molecule has 1 heterocycles. The fourth-order valence-electron chi connectivity index (χ4n) is 2.94. The number of hydrogen-bond acceptors (Lipinski definition) is 3. The van der Waals surface area contributed by atoms with Crippen LogP contribution in [0.2, 0.25) is 0 Å². The highest BCUT2D eigenvalue weighted by Gasteiger charge is 2.28. The second kappa shape index (κ2) is 6.83. The first-order chi connectivity index (χ1) is 11.1. The molecule has 0 unspecified atom stereocenters. The molecule has 0 aromatic heterocycles. The first kappa shape index (κ1) is 16.2. The summed E-state index contributed by atoms with van der Waals surface area (Å²) in [6.07, 6.45) is 1.83. The minimum atomic E-state index is -3.61. The lowest BCUT2D eigenvalue weighted by Crippen LogP contribution is -2.40. The summed E-state index contributed by atoms with van der Waals surface area (Å²) >= 11 is 0. The van der Waals surface area contributed by atoms with Crippen molar-refractivity contribution in [2.45, 2.75) is 36.8 Å². The molecule has 1 fully saturated rings. The molecule has 0 spiro atoms. The molecule has 2 atom stereocenters. The van der Waals surface area contributed by atoms with E-state index in [1.807, 2.05) is 49.4 Å². The summed E-state index contributed by atoms with van der Waals surface area (Å²) < 4.78 is 34.0. The van der Waals surface area contributed by atoms with Crippen LogP contribution in [0.1, 0.15) is 19.8 Å². The van der Waals surface area contributed by atoms with Gasteiger partial charge in [0, 0.05) is 18.2 Å². The molecular formula is C18H21NO3S. The minimum absolute atomic E-state index is 0.0475. The van der Waals surface area contributed by atoms with Crippen molar-refractivity contribution in [3.63, 3.8) is 0 Å². The summed E-state index contributed by atoms with van der Waals surface area (Å²) in [5.74, 6) is 0. The molecule has 1 aliphatic heterocycles. The highest BCUT2D eigenvalue weighted by molar-refractivity contribution is 7.89. The number of hydrogen-bond donors (Lipinski definition) is 1. The summed E-state index contributed by atoms with van der Waals surface area (Å²) in [5, 5.41) is 0. The second-order valence-corrected chi connectivity index (χ2v) is 7.51. The molecule has 0 bridgehead atoms. The zero-order chi connectivity index (χ0) is 16.3. The smallest absolute Gasteiger partial charge is 0.241 e. The quantitative estimate of drug-likeness (QED) is 0.915. The maximum absolute atomic E-state index is 12.8. The average molecular weight is 331 g/mol. The monoisotopic (exact) mass is 331 g/mol. The molecule has 2 aromatic rings. The van der Waals surface area contributed by atoms with Crippen LogP contribution in [0.5, 0.6) is 0 Å². The molecule has 0 saturated carbocycles. The van der Waals surface area contributed by atoms with Crippen molar-refractivity contribution >= 4 is 10.0 Å². The van der Waals surface area contributed by atoms with E-state index in [0.717, 1.165) is 18.4 Å². The van der Waals surface area contributed by atoms with Gasteiger partial charge < -0.3 is 4.74 Å². The Morgan fingerprint density at radius 3 is 2.48 bits per heavy atom. The van der Waals surface area contributed by atoms with Crippen LogP contribution in [0.4, 0.5) is 0 Å². The van der Waals surface area contributed by atoms with Crippen LogP contribution >= 0.6 is 0 Å². The lowest BCUT2D eigenvalue weighted by molar-refractivity contribution is 0.0902. The van der Waals surface area contributed by atoms with Crippen LogP contribution < -0.4 is 4.72 Å². The topological polar surface area (TPSA) is 55.4 Å². The second-order valence-electron chi connectivity index (χ2n) is 5.82. The fraction of sp³-hybridized carbons (Fsp3) is 0.333. The lowest BCUT2D eigenvalue weighted by atomic mass is 10.1. The highest BCUT2D eigenvalue weighted by atomic mass is 32.2. The molecule has 0 amide bonds. The predicted octanol–water partition coefficient (Wildman–Crippen LogP) is 3.20. The van der Waals surface area contributed by atoms with Gasteiger partial charge in [-0.1, -0.05) is 48.5 Å². The van der Waals surface area contributed by atoms with Gasteiger partial charge in [0.15, 0.2) is 0 Å². The molecule has 1 saturated heterocycles. The van der Waals surface area contributed by atoms with Gasteiger partial charge in [-0.25, -0.2) is 13.1 Å². The van der Waals surface area contributed by atoms with Crippen molar-refractivity contribution in [2.75, 3.05) is 6.61 Å². The van der Waals surface area contributed by atoms with E-state index in [-0.39, 0.29) is 12.1 Å². The fourth-order valence-corrected chi connectivity index (χ4v) is 4.44. The zero-order valence-electron chi connectivity index (χ0n) is 13.1. The van der Waals surface area contributed by atoms with Gasteiger partial charge in [0.2, 0.25) is 10.0 Å². The SMILES string of the molecule is C[C@@H](NS(=O)(=O)c1ccccc1-c1ccccc1)[C@@H]1CCCO1. The first-order valence-electron chi connectivity index (χ1n) is 7.86. The van der Waals surface area contributed by atoms with E-state index in [2.05, 4.69) is 4.72 Å². The summed E-state index contributed by atoms with van der Waals surface area (Å²) in [6.45, 7) is 2.57. The Morgan fingerprint density at radius 1 is 1.09 bits per heavy atom. The van der Waals surface area contributed by atoms with E-state index < -0.39 is 10.0 Å². The molecule has 0 radical (unpaired) electrons. The van der Waals surface area contributed by atoms with E-state index >= 15 is 0 Å². The standard InChI is InChI=1S/C18H21NO3S/c1-14(17-11-7-13-22-17)19-23(20,21)18-12-6-5-10-16(18)15-8-3-2-4-9-15/h2-6,8-10,12,14,17,19H,7,11,13H2,1H3/t14-,17+/m1/s1. The number of ether oxygens (including phenoxy) is 1. The molecule has 0 aliphatic carbocycles. The average Bonchev–Trinajstić information content (AvgIpc) is 3.10. The molecule has 1 N–H and O–H groups in total. The Kier molecular flexibility index (Phi) is 4.80. The van der Waals surface area contributed by atoms with Crippen molar-refractivity contribution in [1.29, 1.82) is 0 Å². The summed E-state index contributed by atoms with van der Waals surface area (Å²) in [7, 11) is -3.61. The molecule has 1 aliphatic rings. The first-order valence-corrected chi connectivity index (χ1v) is 9.34.